The van der Waals surface area contributed by atoms with Gasteiger partial charge in [-0.1, -0.05) is 36.4 Å². The Hall–Kier alpha value is -3.28. The summed E-state index contributed by atoms with van der Waals surface area (Å²) in [6.07, 6.45) is 1.68. The highest BCUT2D eigenvalue weighted by atomic mass is 16.5. The van der Waals surface area contributed by atoms with Crippen molar-refractivity contribution in [3.63, 3.8) is 0 Å². The lowest BCUT2D eigenvalue weighted by atomic mass is 10.2. The molecular formula is C19H19N3O3. The van der Waals surface area contributed by atoms with Gasteiger partial charge in [0.05, 0.1) is 19.0 Å². The van der Waals surface area contributed by atoms with Crippen LogP contribution >= 0.6 is 0 Å². The van der Waals surface area contributed by atoms with E-state index in [0.717, 1.165) is 5.69 Å². The van der Waals surface area contributed by atoms with Gasteiger partial charge in [0.15, 0.2) is 11.4 Å². The second-order valence-electron chi connectivity index (χ2n) is 5.62. The van der Waals surface area contributed by atoms with Crippen LogP contribution < -0.4 is 4.74 Å². The van der Waals surface area contributed by atoms with Crippen molar-refractivity contribution in [1.82, 2.24) is 14.7 Å². The first kappa shape index (κ1) is 16.6. The van der Waals surface area contributed by atoms with Crippen LogP contribution in [0.1, 0.15) is 16.1 Å². The highest BCUT2D eigenvalue weighted by Gasteiger charge is 2.22. The minimum Gasteiger partial charge on any atom is -0.508 e. The van der Waals surface area contributed by atoms with E-state index in [1.807, 2.05) is 36.4 Å². The quantitative estimate of drug-likeness (QED) is 0.777. The van der Waals surface area contributed by atoms with Gasteiger partial charge in [0.2, 0.25) is 0 Å². The number of carbonyl (C=O) groups excluding carboxylic acids is 1. The monoisotopic (exact) mass is 337 g/mol. The average molecular weight is 337 g/mol. The molecule has 1 heterocycles. The molecule has 128 valence electrons. The van der Waals surface area contributed by atoms with Crippen molar-refractivity contribution >= 4 is 5.91 Å². The minimum atomic E-state index is -0.283. The summed E-state index contributed by atoms with van der Waals surface area (Å²) in [4.78, 5) is 14.3. The Balaban J connectivity index is 1.86. The van der Waals surface area contributed by atoms with Crippen LogP contribution in [0.15, 0.2) is 60.8 Å². The zero-order chi connectivity index (χ0) is 17.8. The Kier molecular flexibility index (Phi) is 4.70. The zero-order valence-corrected chi connectivity index (χ0v) is 14.1. The number of carbonyl (C=O) groups is 1. The predicted octanol–water partition coefficient (Wildman–Crippen LogP) is 2.86. The highest BCUT2D eigenvalue weighted by Crippen LogP contribution is 2.23. The number of phenolic OH excluding ortho intramolecular Hbond substituents is 1. The SMILES string of the molecule is COc1cn(-c2ccccc2)nc1C(=O)N(C)Cc1ccccc1O. The summed E-state index contributed by atoms with van der Waals surface area (Å²) in [5.74, 6) is 0.275. The second kappa shape index (κ2) is 7.09. The molecule has 6 heteroatoms. The third-order valence-electron chi connectivity index (χ3n) is 3.87. The van der Waals surface area contributed by atoms with E-state index < -0.39 is 0 Å². The van der Waals surface area contributed by atoms with Gasteiger partial charge in [0.25, 0.3) is 5.91 Å². The molecule has 0 fully saturated rings. The first-order valence-corrected chi connectivity index (χ1v) is 7.81. The second-order valence-corrected chi connectivity index (χ2v) is 5.62. The van der Waals surface area contributed by atoms with Gasteiger partial charge in [-0.25, -0.2) is 4.68 Å². The largest absolute Gasteiger partial charge is 0.508 e. The number of methoxy groups -OCH3 is 1. The Bertz CT molecular complexity index is 875. The molecule has 3 rings (SSSR count). The molecule has 0 aliphatic heterocycles. The van der Waals surface area contributed by atoms with Crippen molar-refractivity contribution in [3.8, 4) is 17.2 Å². The highest BCUT2D eigenvalue weighted by molar-refractivity contribution is 5.94. The molecule has 1 amide bonds. The van der Waals surface area contributed by atoms with Crippen LogP contribution in [-0.4, -0.2) is 39.9 Å². The van der Waals surface area contributed by atoms with Gasteiger partial charge in [-0.15, -0.1) is 0 Å². The molecule has 6 nitrogen and oxygen atoms in total. The van der Waals surface area contributed by atoms with Gasteiger partial charge in [-0.2, -0.15) is 5.10 Å². The molecule has 0 radical (unpaired) electrons. The molecule has 0 saturated carbocycles. The van der Waals surface area contributed by atoms with E-state index in [9.17, 15) is 9.90 Å². The molecule has 0 unspecified atom stereocenters. The normalized spacial score (nSPS) is 10.5. The molecule has 0 aliphatic rings. The van der Waals surface area contributed by atoms with E-state index in [-0.39, 0.29) is 23.9 Å². The lowest BCUT2D eigenvalue weighted by Gasteiger charge is -2.17. The third-order valence-corrected chi connectivity index (χ3v) is 3.87. The maximum atomic E-state index is 12.8. The average Bonchev–Trinajstić information content (AvgIpc) is 3.08. The van der Waals surface area contributed by atoms with Gasteiger partial charge in [0.1, 0.15) is 5.75 Å². The molecule has 1 N–H and O–H groups in total. The number of hydrogen-bond acceptors (Lipinski definition) is 4. The van der Waals surface area contributed by atoms with Crippen LogP contribution in [0, 0.1) is 0 Å². The predicted molar refractivity (Wildman–Crippen MR) is 94.0 cm³/mol. The van der Waals surface area contributed by atoms with Gasteiger partial charge in [0, 0.05) is 19.2 Å². The van der Waals surface area contributed by atoms with Crippen molar-refractivity contribution in [1.29, 1.82) is 0 Å². The molecule has 0 spiro atoms. The van der Waals surface area contributed by atoms with Crippen LogP contribution in [0.2, 0.25) is 0 Å². The standard InChI is InChI=1S/C19H19N3O3/c1-21(12-14-8-6-7-11-16(14)23)19(24)18-17(25-2)13-22(20-18)15-9-4-3-5-10-15/h3-11,13,23H,12H2,1-2H3. The van der Waals surface area contributed by atoms with Crippen molar-refractivity contribution in [2.75, 3.05) is 14.2 Å². The van der Waals surface area contributed by atoms with E-state index in [0.29, 0.717) is 11.3 Å². The van der Waals surface area contributed by atoms with Crippen molar-refractivity contribution < 1.29 is 14.6 Å². The number of phenols is 1. The van der Waals surface area contributed by atoms with Gasteiger partial charge in [-0.05, 0) is 18.2 Å². The Morgan fingerprint density at radius 1 is 1.16 bits per heavy atom. The van der Waals surface area contributed by atoms with E-state index in [2.05, 4.69) is 5.10 Å². The van der Waals surface area contributed by atoms with Gasteiger partial charge in [-0.3, -0.25) is 4.79 Å². The first-order chi connectivity index (χ1) is 12.1. The number of benzene rings is 2. The zero-order valence-electron chi connectivity index (χ0n) is 14.1. The van der Waals surface area contributed by atoms with E-state index in [1.54, 1.807) is 36.1 Å². The van der Waals surface area contributed by atoms with Crippen LogP contribution in [0.4, 0.5) is 0 Å². The Morgan fingerprint density at radius 2 is 1.84 bits per heavy atom. The molecule has 2 aromatic carbocycles. The molecule has 0 bridgehead atoms. The molecule has 3 aromatic rings. The van der Waals surface area contributed by atoms with Crippen LogP contribution in [0.25, 0.3) is 5.69 Å². The summed E-state index contributed by atoms with van der Waals surface area (Å²) < 4.78 is 6.92. The Labute approximate surface area is 145 Å². The number of aromatic nitrogens is 2. The molecule has 0 saturated heterocycles. The molecule has 1 aromatic heterocycles. The first-order valence-electron chi connectivity index (χ1n) is 7.81. The molecule has 0 aliphatic carbocycles. The van der Waals surface area contributed by atoms with Gasteiger partial charge < -0.3 is 14.7 Å². The summed E-state index contributed by atoms with van der Waals surface area (Å²) in [6, 6.07) is 16.4. The Morgan fingerprint density at radius 3 is 2.52 bits per heavy atom. The van der Waals surface area contributed by atoms with Crippen molar-refractivity contribution in [2.45, 2.75) is 6.54 Å². The summed E-state index contributed by atoms with van der Waals surface area (Å²) in [7, 11) is 3.17. The number of rotatable bonds is 5. The van der Waals surface area contributed by atoms with E-state index in [1.165, 1.54) is 12.0 Å². The fraction of sp³-hybridized carbons (Fsp3) is 0.158. The summed E-state index contributed by atoms with van der Waals surface area (Å²) in [6.45, 7) is 0.271. The number of amides is 1. The maximum absolute atomic E-state index is 12.8. The number of ether oxygens (including phenoxy) is 1. The lowest BCUT2D eigenvalue weighted by Crippen LogP contribution is -2.27. The van der Waals surface area contributed by atoms with E-state index >= 15 is 0 Å². The summed E-state index contributed by atoms with van der Waals surface area (Å²) in [5.41, 5.74) is 1.73. The molecule has 25 heavy (non-hydrogen) atoms. The molecule has 0 atom stereocenters. The maximum Gasteiger partial charge on any atom is 0.278 e. The number of hydrogen-bond donors (Lipinski definition) is 1. The van der Waals surface area contributed by atoms with Crippen LogP contribution in [0.3, 0.4) is 0 Å². The van der Waals surface area contributed by atoms with Gasteiger partial charge >= 0.3 is 0 Å². The number of aromatic hydroxyl groups is 1. The smallest absolute Gasteiger partial charge is 0.278 e. The number of para-hydroxylation sites is 2. The van der Waals surface area contributed by atoms with Crippen molar-refractivity contribution in [3.05, 3.63) is 72.1 Å². The topological polar surface area (TPSA) is 67.6 Å². The number of nitrogens with zero attached hydrogens (tertiary/aromatic N) is 3. The fourth-order valence-electron chi connectivity index (χ4n) is 2.52. The van der Waals surface area contributed by atoms with Crippen molar-refractivity contribution in [2.24, 2.45) is 0 Å². The van der Waals surface area contributed by atoms with Crippen LogP contribution in [0.5, 0.6) is 11.5 Å². The lowest BCUT2D eigenvalue weighted by molar-refractivity contribution is 0.0774. The third kappa shape index (κ3) is 3.47. The van der Waals surface area contributed by atoms with Crippen LogP contribution in [-0.2, 0) is 6.54 Å². The summed E-state index contributed by atoms with van der Waals surface area (Å²) in [5, 5.41) is 14.3. The minimum absolute atomic E-state index is 0.156. The van der Waals surface area contributed by atoms with E-state index in [4.69, 9.17) is 4.74 Å². The fourth-order valence-corrected chi connectivity index (χ4v) is 2.52. The molecular weight excluding hydrogens is 318 g/mol. The summed E-state index contributed by atoms with van der Waals surface area (Å²) >= 11 is 0.